The highest BCUT2D eigenvalue weighted by atomic mass is 29.6. The molecule has 1 atom stereocenters. The predicted molar refractivity (Wildman–Crippen MR) is 63.3 cm³/mol. The van der Waals surface area contributed by atoms with Crippen LogP contribution in [0, 0.1) is 0 Å². The Balaban J connectivity index is 2.25. The summed E-state index contributed by atoms with van der Waals surface area (Å²) in [4.78, 5) is 0. The maximum atomic E-state index is 3.44. The number of nitrogens with one attached hydrogen (secondary N) is 1. The average molecular weight is 220 g/mol. The van der Waals surface area contributed by atoms with Crippen molar-refractivity contribution in [1.29, 1.82) is 0 Å². The van der Waals surface area contributed by atoms with Crippen molar-refractivity contribution < 1.29 is 0 Å². The molecule has 1 N–H and O–H groups in total. The van der Waals surface area contributed by atoms with E-state index in [4.69, 9.17) is 0 Å². The van der Waals surface area contributed by atoms with Gasteiger partial charge in [0, 0.05) is 23.1 Å². The van der Waals surface area contributed by atoms with Gasteiger partial charge >= 0.3 is 0 Å². The third-order valence-corrected chi connectivity index (χ3v) is 16.0. The van der Waals surface area contributed by atoms with Crippen LogP contribution in [0.1, 0.15) is 13.8 Å². The highest BCUT2D eigenvalue weighted by Gasteiger charge is 2.26. The molecule has 0 saturated carbocycles. The Kier molecular flexibility index (Phi) is 4.69. The maximum absolute atomic E-state index is 3.44. The van der Waals surface area contributed by atoms with Crippen LogP contribution in [-0.2, 0) is 0 Å². The number of hydrogen-bond donors (Lipinski definition) is 1. The van der Waals surface area contributed by atoms with Gasteiger partial charge in [-0.3, -0.25) is 0 Å². The van der Waals surface area contributed by atoms with Crippen LogP contribution in [0.4, 0.5) is 0 Å². The third kappa shape index (κ3) is 2.79. The Bertz CT molecular complexity index is 135. The fourth-order valence-electron chi connectivity index (χ4n) is 1.63. The number of rotatable bonds is 4. The van der Waals surface area contributed by atoms with E-state index in [1.807, 2.05) is 0 Å². The lowest BCUT2D eigenvalue weighted by Crippen LogP contribution is -2.43. The molecule has 1 saturated heterocycles. The first-order valence-corrected chi connectivity index (χ1v) is 14.0. The maximum Gasteiger partial charge on any atom is 0.0984 e. The topological polar surface area (TPSA) is 18.5 Å². The molecule has 1 fully saturated rings. The van der Waals surface area contributed by atoms with Crippen molar-refractivity contribution in [3.05, 3.63) is 0 Å². The summed E-state index contributed by atoms with van der Waals surface area (Å²) < 4.78 is 5.45. The quantitative estimate of drug-likeness (QED) is 0.520. The number of nitrogens with zero attached hydrogens (tertiary/aromatic N) is 2. The average Bonchev–Trinajstić information content (AvgIpc) is 2.43. The van der Waals surface area contributed by atoms with E-state index in [0.29, 0.717) is 0 Å². The van der Waals surface area contributed by atoms with E-state index < -0.39 is 0 Å². The summed E-state index contributed by atoms with van der Waals surface area (Å²) in [6.07, 6.45) is 0. The molecule has 0 amide bonds. The van der Waals surface area contributed by atoms with Crippen LogP contribution in [0.15, 0.2) is 0 Å². The van der Waals surface area contributed by atoms with Gasteiger partial charge in [-0.2, -0.15) is 0 Å². The van der Waals surface area contributed by atoms with E-state index in [0.717, 1.165) is 6.54 Å². The highest BCUT2D eigenvalue weighted by Crippen LogP contribution is 2.02. The molecular weight excluding hydrogens is 198 g/mol. The van der Waals surface area contributed by atoms with Crippen molar-refractivity contribution in [1.82, 2.24) is 14.4 Å². The van der Waals surface area contributed by atoms with Gasteiger partial charge in [0.15, 0.2) is 0 Å². The van der Waals surface area contributed by atoms with Crippen molar-refractivity contribution in [2.45, 2.75) is 13.8 Å². The van der Waals surface area contributed by atoms with E-state index >= 15 is 0 Å². The molecule has 1 aliphatic heterocycles. The van der Waals surface area contributed by atoms with Gasteiger partial charge in [-0.15, -0.1) is 0 Å². The SMILES string of the molecule is CCNCN1CN(CC)[SiH2][SiH]1[SiH3]. The van der Waals surface area contributed by atoms with E-state index in [1.54, 1.807) is 0 Å². The molecular formula is C6H21N3Si3. The molecule has 1 rings (SSSR count). The third-order valence-electron chi connectivity index (χ3n) is 2.54. The van der Waals surface area contributed by atoms with Gasteiger partial charge in [-0.1, -0.05) is 13.8 Å². The molecule has 0 spiro atoms. The minimum atomic E-state index is -0.297. The minimum absolute atomic E-state index is 0.226. The normalized spacial score (nSPS) is 29.0. The standard InChI is InChI=1S/C6H21N3Si3/c1-3-7-5-9-6-8(4-2)11-12(9)10/h7,12H,3-6,11H2,1-2,10H3. The molecule has 0 radical (unpaired) electrons. The molecule has 0 aliphatic carbocycles. The lowest BCUT2D eigenvalue weighted by atomic mass is 10.7. The fourth-order valence-corrected chi connectivity index (χ4v) is 14.9. The second kappa shape index (κ2) is 5.30. The molecule has 0 aromatic heterocycles. The van der Waals surface area contributed by atoms with Crippen LogP contribution >= 0.6 is 0 Å². The van der Waals surface area contributed by atoms with Gasteiger partial charge in [0.2, 0.25) is 0 Å². The van der Waals surface area contributed by atoms with Crippen molar-refractivity contribution in [3.8, 4) is 0 Å². The van der Waals surface area contributed by atoms with Crippen LogP contribution in [-0.4, -0.2) is 62.5 Å². The molecule has 0 aromatic rings. The zero-order valence-electron chi connectivity index (χ0n) is 8.51. The molecule has 72 valence electrons. The molecule has 1 aliphatic rings. The first-order chi connectivity index (χ1) is 5.77. The number of hydrogen-bond acceptors (Lipinski definition) is 3. The van der Waals surface area contributed by atoms with E-state index in [1.165, 1.54) is 29.6 Å². The second-order valence-electron chi connectivity index (χ2n) is 3.51. The highest BCUT2D eigenvalue weighted by molar-refractivity contribution is 7.33. The van der Waals surface area contributed by atoms with Crippen molar-refractivity contribution in [3.63, 3.8) is 0 Å². The Labute approximate surface area is 82.1 Å². The Morgan fingerprint density at radius 1 is 1.58 bits per heavy atom. The van der Waals surface area contributed by atoms with Crippen LogP contribution in [0.25, 0.3) is 0 Å². The summed E-state index contributed by atoms with van der Waals surface area (Å²) >= 11 is 0. The van der Waals surface area contributed by atoms with Crippen LogP contribution in [0.3, 0.4) is 0 Å². The molecule has 1 unspecified atom stereocenters. The Morgan fingerprint density at radius 3 is 2.83 bits per heavy atom. The monoisotopic (exact) mass is 219 g/mol. The van der Waals surface area contributed by atoms with Gasteiger partial charge in [-0.05, 0) is 13.1 Å². The first kappa shape index (κ1) is 10.6. The predicted octanol–water partition coefficient (Wildman–Crippen LogP) is -2.69. The van der Waals surface area contributed by atoms with E-state index in [2.05, 4.69) is 28.3 Å². The molecule has 12 heavy (non-hydrogen) atoms. The van der Waals surface area contributed by atoms with Crippen molar-refractivity contribution in [2.24, 2.45) is 0 Å². The van der Waals surface area contributed by atoms with Gasteiger partial charge in [0.25, 0.3) is 0 Å². The Morgan fingerprint density at radius 2 is 2.33 bits per heavy atom. The molecule has 1 heterocycles. The van der Waals surface area contributed by atoms with E-state index in [-0.39, 0.29) is 17.2 Å². The largest absolute Gasteiger partial charge is 0.319 e. The van der Waals surface area contributed by atoms with Crippen molar-refractivity contribution in [2.75, 3.05) is 26.4 Å². The molecule has 3 nitrogen and oxygen atoms in total. The zero-order valence-corrected chi connectivity index (χ0v) is 13.1. The summed E-state index contributed by atoms with van der Waals surface area (Å²) in [6, 6.07) is 0. The minimum Gasteiger partial charge on any atom is -0.319 e. The summed E-state index contributed by atoms with van der Waals surface area (Å²) in [5, 5.41) is 3.44. The lowest BCUT2D eigenvalue weighted by molar-refractivity contribution is 0.314. The van der Waals surface area contributed by atoms with E-state index in [9.17, 15) is 0 Å². The summed E-state index contributed by atoms with van der Waals surface area (Å²) in [5.74, 6) is 0. The lowest BCUT2D eigenvalue weighted by Gasteiger charge is -2.20. The summed E-state index contributed by atoms with van der Waals surface area (Å²) in [5.41, 5.74) is 0. The zero-order chi connectivity index (χ0) is 8.97. The Hall–Kier alpha value is 0.531. The molecule has 6 heteroatoms. The fraction of sp³-hybridized carbons (Fsp3) is 1.00. The molecule has 0 aromatic carbocycles. The van der Waals surface area contributed by atoms with Crippen molar-refractivity contribution >= 4 is 27.0 Å². The van der Waals surface area contributed by atoms with Gasteiger partial charge in [0.05, 0.1) is 17.2 Å². The second-order valence-corrected chi connectivity index (χ2v) is 20.7. The van der Waals surface area contributed by atoms with Crippen LogP contribution in [0.2, 0.25) is 0 Å². The summed E-state index contributed by atoms with van der Waals surface area (Å²) in [7, 11) is 1.42. The van der Waals surface area contributed by atoms with Crippen LogP contribution < -0.4 is 5.32 Å². The first-order valence-electron chi connectivity index (χ1n) is 4.95. The van der Waals surface area contributed by atoms with Crippen LogP contribution in [0.5, 0.6) is 0 Å². The smallest absolute Gasteiger partial charge is 0.0984 e. The van der Waals surface area contributed by atoms with Gasteiger partial charge < -0.3 is 14.4 Å². The summed E-state index contributed by atoms with van der Waals surface area (Å²) in [6.45, 7) is 9.35. The van der Waals surface area contributed by atoms with Gasteiger partial charge in [-0.25, -0.2) is 0 Å². The molecule has 0 bridgehead atoms. The van der Waals surface area contributed by atoms with Gasteiger partial charge in [0.1, 0.15) is 0 Å².